The van der Waals surface area contributed by atoms with Gasteiger partial charge in [0.2, 0.25) is 0 Å². The Balaban J connectivity index is 2.38. The molecule has 0 aliphatic carbocycles. The highest BCUT2D eigenvalue weighted by molar-refractivity contribution is 5.57. The number of benzene rings is 1. The summed E-state index contributed by atoms with van der Waals surface area (Å²) in [6.45, 7) is 6.30. The Morgan fingerprint density at radius 1 is 1.47 bits per heavy atom. The Hall–Kier alpha value is -1.22. The molecule has 0 amide bonds. The van der Waals surface area contributed by atoms with Crippen LogP contribution >= 0.6 is 0 Å². The van der Waals surface area contributed by atoms with Gasteiger partial charge in [-0.15, -0.1) is 0 Å². The van der Waals surface area contributed by atoms with Crippen LogP contribution in [-0.2, 0) is 6.54 Å². The molecule has 0 fully saturated rings. The standard InChI is InChI=1S/C12H18N2O/c1-3-14-7-6-13-9-10-4-5-11(15-2)8-12(10)14/h4-5,8,13H,3,6-7,9H2,1-2H3. The Kier molecular flexibility index (Phi) is 3.11. The van der Waals surface area contributed by atoms with Gasteiger partial charge >= 0.3 is 0 Å². The van der Waals surface area contributed by atoms with Crippen LogP contribution in [0.15, 0.2) is 18.2 Å². The molecule has 15 heavy (non-hydrogen) atoms. The third-order valence-electron chi connectivity index (χ3n) is 2.89. The van der Waals surface area contributed by atoms with Crippen LogP contribution in [-0.4, -0.2) is 26.7 Å². The van der Waals surface area contributed by atoms with Gasteiger partial charge in [0.1, 0.15) is 5.75 Å². The number of methoxy groups -OCH3 is 1. The van der Waals surface area contributed by atoms with Gasteiger partial charge in [0, 0.05) is 37.9 Å². The van der Waals surface area contributed by atoms with E-state index in [-0.39, 0.29) is 0 Å². The van der Waals surface area contributed by atoms with Crippen molar-refractivity contribution in [3.63, 3.8) is 0 Å². The summed E-state index contributed by atoms with van der Waals surface area (Å²) in [7, 11) is 1.72. The minimum Gasteiger partial charge on any atom is -0.497 e. The molecule has 1 aromatic carbocycles. The van der Waals surface area contributed by atoms with Crippen molar-refractivity contribution in [1.82, 2.24) is 5.32 Å². The van der Waals surface area contributed by atoms with E-state index in [1.165, 1.54) is 11.3 Å². The molecular formula is C12H18N2O. The van der Waals surface area contributed by atoms with Gasteiger partial charge in [0.05, 0.1) is 7.11 Å². The second-order valence-electron chi connectivity index (χ2n) is 3.75. The number of fused-ring (bicyclic) bond motifs is 1. The first kappa shape index (κ1) is 10.3. The first-order chi connectivity index (χ1) is 7.35. The van der Waals surface area contributed by atoms with Crippen molar-refractivity contribution >= 4 is 5.69 Å². The molecule has 3 nitrogen and oxygen atoms in total. The molecule has 0 radical (unpaired) electrons. The number of anilines is 1. The smallest absolute Gasteiger partial charge is 0.120 e. The minimum atomic E-state index is 0.939. The van der Waals surface area contributed by atoms with Gasteiger partial charge in [-0.3, -0.25) is 0 Å². The summed E-state index contributed by atoms with van der Waals surface area (Å²) < 4.78 is 5.27. The predicted molar refractivity (Wildman–Crippen MR) is 62.6 cm³/mol. The van der Waals surface area contributed by atoms with Crippen molar-refractivity contribution in [3.8, 4) is 5.75 Å². The number of rotatable bonds is 2. The second kappa shape index (κ2) is 4.53. The number of nitrogens with zero attached hydrogens (tertiary/aromatic N) is 1. The van der Waals surface area contributed by atoms with E-state index in [1.807, 2.05) is 6.07 Å². The maximum absolute atomic E-state index is 5.27. The van der Waals surface area contributed by atoms with Crippen LogP contribution in [0.3, 0.4) is 0 Å². The number of ether oxygens (including phenoxy) is 1. The van der Waals surface area contributed by atoms with Gasteiger partial charge < -0.3 is 15.0 Å². The van der Waals surface area contributed by atoms with Crippen molar-refractivity contribution in [2.75, 3.05) is 31.6 Å². The van der Waals surface area contributed by atoms with Crippen LogP contribution in [0, 0.1) is 0 Å². The van der Waals surface area contributed by atoms with E-state index in [0.717, 1.165) is 31.9 Å². The average molecular weight is 206 g/mol. The first-order valence-corrected chi connectivity index (χ1v) is 5.47. The topological polar surface area (TPSA) is 24.5 Å². The molecule has 0 saturated carbocycles. The Morgan fingerprint density at radius 3 is 3.07 bits per heavy atom. The van der Waals surface area contributed by atoms with E-state index in [2.05, 4.69) is 29.3 Å². The highest BCUT2D eigenvalue weighted by Gasteiger charge is 2.13. The SMILES string of the molecule is CCN1CCNCc2ccc(OC)cc21. The minimum absolute atomic E-state index is 0.939. The van der Waals surface area contributed by atoms with E-state index in [0.29, 0.717) is 0 Å². The van der Waals surface area contributed by atoms with Crippen LogP contribution in [0.4, 0.5) is 5.69 Å². The summed E-state index contributed by atoms with van der Waals surface area (Å²) in [5, 5.41) is 3.42. The maximum atomic E-state index is 5.27. The first-order valence-electron chi connectivity index (χ1n) is 5.47. The molecule has 0 aromatic heterocycles. The zero-order valence-electron chi connectivity index (χ0n) is 9.42. The molecule has 1 heterocycles. The molecule has 82 valence electrons. The fourth-order valence-corrected chi connectivity index (χ4v) is 2.00. The lowest BCUT2D eigenvalue weighted by Crippen LogP contribution is -2.28. The van der Waals surface area contributed by atoms with Gasteiger partial charge in [-0.1, -0.05) is 6.07 Å². The molecule has 0 bridgehead atoms. The van der Waals surface area contributed by atoms with Crippen molar-refractivity contribution < 1.29 is 4.74 Å². The number of likely N-dealkylation sites (N-methyl/N-ethyl adjacent to an activating group) is 1. The fourth-order valence-electron chi connectivity index (χ4n) is 2.00. The molecule has 0 atom stereocenters. The van der Waals surface area contributed by atoms with Crippen molar-refractivity contribution in [2.24, 2.45) is 0 Å². The molecule has 0 unspecified atom stereocenters. The summed E-state index contributed by atoms with van der Waals surface area (Å²) in [5.41, 5.74) is 2.66. The van der Waals surface area contributed by atoms with Crippen molar-refractivity contribution in [1.29, 1.82) is 0 Å². The number of hydrogen-bond donors (Lipinski definition) is 1. The molecule has 1 aromatic rings. The normalized spacial score (nSPS) is 15.7. The molecule has 1 aliphatic heterocycles. The number of nitrogens with one attached hydrogen (secondary N) is 1. The Labute approximate surface area is 91.0 Å². The molecule has 2 rings (SSSR count). The largest absolute Gasteiger partial charge is 0.497 e. The molecule has 1 N–H and O–H groups in total. The fraction of sp³-hybridized carbons (Fsp3) is 0.500. The van der Waals surface area contributed by atoms with Gasteiger partial charge in [-0.05, 0) is 18.6 Å². The summed E-state index contributed by atoms with van der Waals surface area (Å²) in [4.78, 5) is 2.39. The Bertz CT molecular complexity index is 338. The highest BCUT2D eigenvalue weighted by Crippen LogP contribution is 2.27. The van der Waals surface area contributed by atoms with Crippen LogP contribution in [0.2, 0.25) is 0 Å². The third-order valence-corrected chi connectivity index (χ3v) is 2.89. The highest BCUT2D eigenvalue weighted by atomic mass is 16.5. The maximum Gasteiger partial charge on any atom is 0.120 e. The molecule has 1 aliphatic rings. The zero-order chi connectivity index (χ0) is 10.7. The van der Waals surface area contributed by atoms with Crippen molar-refractivity contribution in [2.45, 2.75) is 13.5 Å². The summed E-state index contributed by atoms with van der Waals surface area (Å²) in [6, 6.07) is 6.31. The van der Waals surface area contributed by atoms with E-state index in [9.17, 15) is 0 Å². The lowest BCUT2D eigenvalue weighted by Gasteiger charge is -2.23. The molecular weight excluding hydrogens is 188 g/mol. The van der Waals surface area contributed by atoms with Crippen LogP contribution in [0.25, 0.3) is 0 Å². The van der Waals surface area contributed by atoms with Gasteiger partial charge in [0.15, 0.2) is 0 Å². The predicted octanol–water partition coefficient (Wildman–Crippen LogP) is 1.62. The van der Waals surface area contributed by atoms with Crippen LogP contribution < -0.4 is 15.0 Å². The van der Waals surface area contributed by atoms with Crippen LogP contribution in [0.5, 0.6) is 5.75 Å². The van der Waals surface area contributed by atoms with Gasteiger partial charge in [-0.2, -0.15) is 0 Å². The van der Waals surface area contributed by atoms with Gasteiger partial charge in [0.25, 0.3) is 0 Å². The van der Waals surface area contributed by atoms with E-state index in [1.54, 1.807) is 7.11 Å². The molecule has 0 saturated heterocycles. The summed E-state index contributed by atoms with van der Waals surface area (Å²) in [6.07, 6.45) is 0. The van der Waals surface area contributed by atoms with Crippen LogP contribution in [0.1, 0.15) is 12.5 Å². The quantitative estimate of drug-likeness (QED) is 0.796. The number of hydrogen-bond acceptors (Lipinski definition) is 3. The zero-order valence-corrected chi connectivity index (χ0v) is 9.42. The third kappa shape index (κ3) is 2.07. The monoisotopic (exact) mass is 206 g/mol. The Morgan fingerprint density at radius 2 is 2.33 bits per heavy atom. The lowest BCUT2D eigenvalue weighted by molar-refractivity contribution is 0.414. The van der Waals surface area contributed by atoms with E-state index >= 15 is 0 Å². The van der Waals surface area contributed by atoms with E-state index in [4.69, 9.17) is 4.74 Å². The molecule has 0 spiro atoms. The van der Waals surface area contributed by atoms with Gasteiger partial charge in [-0.25, -0.2) is 0 Å². The molecule has 3 heteroatoms. The van der Waals surface area contributed by atoms with E-state index < -0.39 is 0 Å². The average Bonchev–Trinajstić information content (AvgIpc) is 2.49. The summed E-state index contributed by atoms with van der Waals surface area (Å²) >= 11 is 0. The van der Waals surface area contributed by atoms with Crippen molar-refractivity contribution in [3.05, 3.63) is 23.8 Å². The summed E-state index contributed by atoms with van der Waals surface area (Å²) in [5.74, 6) is 0.939. The second-order valence-corrected chi connectivity index (χ2v) is 3.75. The lowest BCUT2D eigenvalue weighted by atomic mass is 10.1.